The summed E-state index contributed by atoms with van der Waals surface area (Å²) in [4.78, 5) is 10.8. The molecular formula is C8H14N4O4S2. The molecule has 0 aliphatic heterocycles. The second-order valence-corrected chi connectivity index (χ2v) is 6.33. The average Bonchev–Trinajstić information content (AvgIpc) is 2.74. The van der Waals surface area contributed by atoms with Crippen molar-refractivity contribution in [3.8, 4) is 0 Å². The Balaban J connectivity index is 2.85. The number of carbonyl (C=O) groups is 1. The number of anilines is 1. The number of hydrogen-bond acceptors (Lipinski definition) is 7. The number of carbonyl (C=O) groups excluding carboxylic acids is 1. The number of amides is 1. The van der Waals surface area contributed by atoms with E-state index >= 15 is 0 Å². The van der Waals surface area contributed by atoms with Gasteiger partial charge in [-0.05, 0) is 6.42 Å². The highest BCUT2D eigenvalue weighted by Crippen LogP contribution is 2.19. The molecule has 0 spiro atoms. The Hall–Kier alpha value is -1.10. The van der Waals surface area contributed by atoms with E-state index in [0.717, 1.165) is 11.3 Å². The summed E-state index contributed by atoms with van der Waals surface area (Å²) in [6, 6.07) is -0.567. The lowest BCUT2D eigenvalue weighted by Crippen LogP contribution is -2.36. The van der Waals surface area contributed by atoms with Crippen LogP contribution in [0.25, 0.3) is 0 Å². The fourth-order valence-electron chi connectivity index (χ4n) is 1.04. The Kier molecular flexibility index (Phi) is 5.14. The summed E-state index contributed by atoms with van der Waals surface area (Å²) >= 11 is 0.745. The minimum absolute atomic E-state index is 0.111. The van der Waals surface area contributed by atoms with Gasteiger partial charge in [0.25, 0.3) is 10.0 Å². The van der Waals surface area contributed by atoms with Gasteiger partial charge < -0.3 is 10.4 Å². The maximum absolute atomic E-state index is 11.8. The zero-order valence-electron chi connectivity index (χ0n) is 9.87. The standard InChI is InChI=1S/C8H14N4O4S2/c1-3-6(4-13)12-18(15,16)8-11-10-7(17-8)9-5(2)14/h6,12-13H,3-4H2,1-2H3,(H,9,10,14)/t6-/m0/s1. The monoisotopic (exact) mass is 294 g/mol. The van der Waals surface area contributed by atoms with E-state index in [2.05, 4.69) is 20.2 Å². The zero-order chi connectivity index (χ0) is 13.8. The number of aromatic nitrogens is 2. The summed E-state index contributed by atoms with van der Waals surface area (Å²) in [6.07, 6.45) is 0.451. The molecule has 0 unspecified atom stereocenters. The first-order chi connectivity index (χ1) is 8.39. The topological polar surface area (TPSA) is 121 Å². The molecule has 0 radical (unpaired) electrons. The third kappa shape index (κ3) is 3.98. The summed E-state index contributed by atoms with van der Waals surface area (Å²) in [5.41, 5.74) is 0. The number of nitrogens with one attached hydrogen (secondary N) is 2. The second-order valence-electron chi connectivity index (χ2n) is 3.46. The zero-order valence-corrected chi connectivity index (χ0v) is 11.5. The molecule has 0 bridgehead atoms. The summed E-state index contributed by atoms with van der Waals surface area (Å²) < 4.78 is 25.7. The van der Waals surface area contributed by atoms with Crippen molar-refractivity contribution >= 4 is 32.4 Å². The van der Waals surface area contributed by atoms with Crippen molar-refractivity contribution in [1.82, 2.24) is 14.9 Å². The molecule has 0 aromatic carbocycles. The van der Waals surface area contributed by atoms with Crippen LogP contribution in [0.3, 0.4) is 0 Å². The highest BCUT2D eigenvalue weighted by atomic mass is 32.2. The van der Waals surface area contributed by atoms with Crippen molar-refractivity contribution < 1.29 is 18.3 Å². The summed E-state index contributed by atoms with van der Waals surface area (Å²) in [6.45, 7) is 2.73. The van der Waals surface area contributed by atoms with E-state index in [1.807, 2.05) is 0 Å². The Morgan fingerprint density at radius 1 is 1.50 bits per heavy atom. The van der Waals surface area contributed by atoms with Crippen LogP contribution in [0.15, 0.2) is 4.34 Å². The number of rotatable bonds is 6. The van der Waals surface area contributed by atoms with Crippen LogP contribution in [0.2, 0.25) is 0 Å². The third-order valence-corrected chi connectivity index (χ3v) is 4.68. The lowest BCUT2D eigenvalue weighted by molar-refractivity contribution is -0.114. The number of sulfonamides is 1. The van der Waals surface area contributed by atoms with Gasteiger partial charge in [0, 0.05) is 13.0 Å². The van der Waals surface area contributed by atoms with Crippen molar-refractivity contribution in [2.24, 2.45) is 0 Å². The first-order valence-corrected chi connectivity index (χ1v) is 7.43. The largest absolute Gasteiger partial charge is 0.395 e. The molecule has 1 atom stereocenters. The lowest BCUT2D eigenvalue weighted by Gasteiger charge is -2.11. The molecule has 1 amide bonds. The first-order valence-electron chi connectivity index (χ1n) is 5.13. The molecule has 1 heterocycles. The maximum atomic E-state index is 11.8. The Bertz CT molecular complexity index is 509. The molecule has 1 rings (SSSR count). The van der Waals surface area contributed by atoms with Crippen LogP contribution >= 0.6 is 11.3 Å². The van der Waals surface area contributed by atoms with Crippen molar-refractivity contribution in [1.29, 1.82) is 0 Å². The van der Waals surface area contributed by atoms with E-state index in [4.69, 9.17) is 5.11 Å². The van der Waals surface area contributed by atoms with Crippen LogP contribution in [0, 0.1) is 0 Å². The quantitative estimate of drug-likeness (QED) is 0.611. The normalized spacial score (nSPS) is 13.3. The van der Waals surface area contributed by atoms with Gasteiger partial charge in [-0.2, -0.15) is 0 Å². The van der Waals surface area contributed by atoms with Gasteiger partial charge in [0.2, 0.25) is 15.4 Å². The van der Waals surface area contributed by atoms with E-state index in [0.29, 0.717) is 6.42 Å². The van der Waals surface area contributed by atoms with Gasteiger partial charge in [-0.15, -0.1) is 10.2 Å². The fourth-order valence-corrected chi connectivity index (χ4v) is 3.31. The number of aliphatic hydroxyl groups is 1. The molecule has 1 aromatic heterocycles. The Labute approximate surface area is 108 Å². The van der Waals surface area contributed by atoms with Crippen LogP contribution in [0.1, 0.15) is 20.3 Å². The summed E-state index contributed by atoms with van der Waals surface area (Å²) in [5.74, 6) is -0.357. The SMILES string of the molecule is CC[C@@H](CO)NS(=O)(=O)c1nnc(NC(C)=O)s1. The first kappa shape index (κ1) is 15.0. The minimum atomic E-state index is -3.82. The van der Waals surface area contributed by atoms with Crippen LogP contribution in [0.5, 0.6) is 0 Å². The number of hydrogen-bond donors (Lipinski definition) is 3. The van der Waals surface area contributed by atoms with E-state index < -0.39 is 16.1 Å². The molecule has 0 aliphatic rings. The van der Waals surface area contributed by atoms with Crippen molar-refractivity contribution in [2.45, 2.75) is 30.6 Å². The molecule has 10 heteroatoms. The maximum Gasteiger partial charge on any atom is 0.270 e. The van der Waals surface area contributed by atoms with Gasteiger partial charge in [0.15, 0.2) is 0 Å². The molecule has 18 heavy (non-hydrogen) atoms. The lowest BCUT2D eigenvalue weighted by atomic mass is 10.3. The van der Waals surface area contributed by atoms with Gasteiger partial charge in [0.1, 0.15) is 0 Å². The van der Waals surface area contributed by atoms with Gasteiger partial charge in [-0.3, -0.25) is 4.79 Å². The van der Waals surface area contributed by atoms with E-state index in [-0.39, 0.29) is 22.0 Å². The molecule has 0 saturated heterocycles. The molecule has 0 saturated carbocycles. The van der Waals surface area contributed by atoms with Crippen LogP contribution < -0.4 is 10.0 Å². The summed E-state index contributed by atoms with van der Waals surface area (Å²) in [7, 11) is -3.82. The van der Waals surface area contributed by atoms with E-state index in [9.17, 15) is 13.2 Å². The van der Waals surface area contributed by atoms with Crippen LogP contribution in [0.4, 0.5) is 5.13 Å². The molecular weight excluding hydrogens is 280 g/mol. The second kappa shape index (κ2) is 6.18. The van der Waals surface area contributed by atoms with Gasteiger partial charge in [0.05, 0.1) is 6.61 Å². The molecule has 8 nitrogen and oxygen atoms in total. The van der Waals surface area contributed by atoms with Gasteiger partial charge in [-0.25, -0.2) is 13.1 Å². The number of nitrogens with zero attached hydrogens (tertiary/aromatic N) is 2. The van der Waals surface area contributed by atoms with Gasteiger partial charge >= 0.3 is 0 Å². The molecule has 102 valence electrons. The highest BCUT2D eigenvalue weighted by molar-refractivity contribution is 7.91. The van der Waals surface area contributed by atoms with Gasteiger partial charge in [-0.1, -0.05) is 18.3 Å². The molecule has 0 fully saturated rings. The van der Waals surface area contributed by atoms with E-state index in [1.165, 1.54) is 6.92 Å². The third-order valence-electron chi connectivity index (χ3n) is 1.95. The molecule has 0 aliphatic carbocycles. The Morgan fingerprint density at radius 2 is 2.17 bits per heavy atom. The van der Waals surface area contributed by atoms with Crippen molar-refractivity contribution in [2.75, 3.05) is 11.9 Å². The molecule has 3 N–H and O–H groups in total. The molecule has 1 aromatic rings. The van der Waals surface area contributed by atoms with Crippen LogP contribution in [-0.4, -0.2) is 42.3 Å². The van der Waals surface area contributed by atoms with Crippen molar-refractivity contribution in [3.63, 3.8) is 0 Å². The predicted molar refractivity (Wildman–Crippen MR) is 65.7 cm³/mol. The smallest absolute Gasteiger partial charge is 0.270 e. The highest BCUT2D eigenvalue weighted by Gasteiger charge is 2.23. The van der Waals surface area contributed by atoms with Crippen molar-refractivity contribution in [3.05, 3.63) is 0 Å². The fraction of sp³-hybridized carbons (Fsp3) is 0.625. The Morgan fingerprint density at radius 3 is 2.67 bits per heavy atom. The summed E-state index contributed by atoms with van der Waals surface area (Å²) in [5, 5.41) is 18.4. The number of aliphatic hydroxyl groups excluding tert-OH is 1. The van der Waals surface area contributed by atoms with Crippen LogP contribution in [-0.2, 0) is 14.8 Å². The van der Waals surface area contributed by atoms with E-state index in [1.54, 1.807) is 6.92 Å². The predicted octanol–water partition coefficient (Wildman–Crippen LogP) is -0.454. The average molecular weight is 294 g/mol. The minimum Gasteiger partial charge on any atom is -0.395 e.